The Bertz CT molecular complexity index is 871. The fourth-order valence-electron chi connectivity index (χ4n) is 3.23. The number of ether oxygens (including phenoxy) is 2. The van der Waals surface area contributed by atoms with Gasteiger partial charge in [-0.1, -0.05) is 6.92 Å². The van der Waals surface area contributed by atoms with Gasteiger partial charge in [0.15, 0.2) is 11.5 Å². The lowest BCUT2D eigenvalue weighted by Crippen LogP contribution is -2.23. The average molecular weight is 437 g/mol. The van der Waals surface area contributed by atoms with E-state index in [4.69, 9.17) is 14.0 Å². The number of nitrogens with zero attached hydrogens (tertiary/aromatic N) is 1. The zero-order valence-electron chi connectivity index (χ0n) is 18.5. The predicted octanol–water partition coefficient (Wildman–Crippen LogP) is 4.41. The van der Waals surface area contributed by atoms with Gasteiger partial charge in [0.1, 0.15) is 0 Å². The van der Waals surface area contributed by atoms with Crippen molar-refractivity contribution in [3.63, 3.8) is 0 Å². The number of phenolic OH excluding ortho intramolecular Hbond substituents is 1. The van der Waals surface area contributed by atoms with Crippen molar-refractivity contribution in [2.24, 2.45) is 0 Å². The normalized spacial score (nSPS) is 14.1. The standard InChI is InChI=1S/C21H32N3O5P/c1-7-22-30(26,29-8-2)13-18(24-17-10-9-14(3)23-15(17)4)16-11-19(27-5)21(25)20(12-16)28-6/h9-12,18,24-25H,7-8,13H2,1-6H3,(H,22,26). The Morgan fingerprint density at radius 3 is 2.27 bits per heavy atom. The second-order valence-electron chi connectivity index (χ2n) is 6.84. The van der Waals surface area contributed by atoms with Gasteiger partial charge in [-0.3, -0.25) is 9.55 Å². The van der Waals surface area contributed by atoms with Crippen molar-refractivity contribution in [3.05, 3.63) is 41.2 Å². The first-order chi connectivity index (χ1) is 14.3. The van der Waals surface area contributed by atoms with Crippen molar-refractivity contribution in [1.29, 1.82) is 0 Å². The molecule has 8 nitrogen and oxygen atoms in total. The number of aromatic nitrogens is 1. The number of pyridine rings is 1. The SMILES string of the molecule is CCNP(=O)(CC(Nc1ccc(C)nc1C)c1cc(OC)c(O)c(OC)c1)OCC. The number of hydrogen-bond donors (Lipinski definition) is 3. The Morgan fingerprint density at radius 2 is 1.77 bits per heavy atom. The fourth-order valence-corrected chi connectivity index (χ4v) is 5.24. The van der Waals surface area contributed by atoms with Gasteiger partial charge in [0, 0.05) is 12.2 Å². The maximum Gasteiger partial charge on any atom is 0.272 e. The molecule has 0 saturated heterocycles. The number of hydrogen-bond acceptors (Lipinski definition) is 7. The Balaban J connectivity index is 2.53. The molecule has 3 N–H and O–H groups in total. The van der Waals surface area contributed by atoms with Crippen molar-refractivity contribution in [3.8, 4) is 17.2 Å². The van der Waals surface area contributed by atoms with Crippen LogP contribution < -0.4 is 19.9 Å². The molecule has 1 aromatic carbocycles. The van der Waals surface area contributed by atoms with E-state index in [2.05, 4.69) is 15.4 Å². The molecule has 9 heteroatoms. The Morgan fingerprint density at radius 1 is 1.13 bits per heavy atom. The molecule has 0 bridgehead atoms. The minimum Gasteiger partial charge on any atom is -0.502 e. The van der Waals surface area contributed by atoms with E-state index >= 15 is 0 Å². The summed E-state index contributed by atoms with van der Waals surface area (Å²) in [6, 6.07) is 6.84. The van der Waals surface area contributed by atoms with Crippen LogP contribution >= 0.6 is 7.52 Å². The molecule has 0 fully saturated rings. The number of aryl methyl sites for hydroxylation is 2. The Kier molecular flexibility index (Phi) is 8.53. The molecule has 0 spiro atoms. The van der Waals surface area contributed by atoms with Crippen LogP contribution in [0.25, 0.3) is 0 Å². The molecule has 2 aromatic rings. The Hall–Kier alpha value is -2.28. The summed E-state index contributed by atoms with van der Waals surface area (Å²) >= 11 is 0. The summed E-state index contributed by atoms with van der Waals surface area (Å²) in [7, 11) is -0.197. The molecule has 2 atom stereocenters. The molecule has 0 aliphatic heterocycles. The second kappa shape index (κ2) is 10.7. The summed E-state index contributed by atoms with van der Waals surface area (Å²) in [6.07, 6.45) is 0.180. The van der Waals surface area contributed by atoms with E-state index in [1.165, 1.54) is 14.2 Å². The molecule has 2 rings (SSSR count). The topological polar surface area (TPSA) is 102 Å². The number of benzene rings is 1. The van der Waals surface area contributed by atoms with Crippen molar-refractivity contribution >= 4 is 13.2 Å². The first-order valence-corrected chi connectivity index (χ1v) is 11.7. The van der Waals surface area contributed by atoms with Gasteiger partial charge >= 0.3 is 0 Å². The molecule has 30 heavy (non-hydrogen) atoms. The van der Waals surface area contributed by atoms with Crippen molar-refractivity contribution in [1.82, 2.24) is 10.1 Å². The number of phenols is 1. The molecule has 0 amide bonds. The van der Waals surface area contributed by atoms with E-state index in [1.54, 1.807) is 12.1 Å². The monoisotopic (exact) mass is 437 g/mol. The molecule has 166 valence electrons. The first kappa shape index (κ1) is 24.0. The van der Waals surface area contributed by atoms with Gasteiger partial charge in [0.05, 0.1) is 44.4 Å². The van der Waals surface area contributed by atoms with Crippen molar-refractivity contribution in [2.45, 2.75) is 33.7 Å². The van der Waals surface area contributed by atoms with Crippen LogP contribution in [0, 0.1) is 13.8 Å². The highest BCUT2D eigenvalue weighted by molar-refractivity contribution is 7.56. The van der Waals surface area contributed by atoms with Crippen LogP contribution in [0.2, 0.25) is 0 Å². The van der Waals surface area contributed by atoms with Gasteiger partial charge in [-0.15, -0.1) is 0 Å². The molecule has 1 aromatic heterocycles. The fraction of sp³-hybridized carbons (Fsp3) is 0.476. The summed E-state index contributed by atoms with van der Waals surface area (Å²) in [4.78, 5) is 4.50. The molecule has 2 unspecified atom stereocenters. The predicted molar refractivity (Wildman–Crippen MR) is 119 cm³/mol. The van der Waals surface area contributed by atoms with Crippen LogP contribution in [-0.4, -0.2) is 43.6 Å². The van der Waals surface area contributed by atoms with Gasteiger partial charge in [0.25, 0.3) is 7.52 Å². The quantitative estimate of drug-likeness (QED) is 0.444. The van der Waals surface area contributed by atoms with E-state index < -0.39 is 13.6 Å². The smallest absolute Gasteiger partial charge is 0.272 e. The minimum absolute atomic E-state index is 0.0876. The van der Waals surface area contributed by atoms with Crippen molar-refractivity contribution in [2.75, 3.05) is 38.8 Å². The lowest BCUT2D eigenvalue weighted by atomic mass is 10.1. The van der Waals surface area contributed by atoms with Gasteiger partial charge in [-0.2, -0.15) is 0 Å². The third kappa shape index (κ3) is 5.88. The van der Waals surface area contributed by atoms with Crippen LogP contribution in [0.4, 0.5) is 5.69 Å². The number of nitrogens with one attached hydrogen (secondary N) is 2. The highest BCUT2D eigenvalue weighted by Crippen LogP contribution is 2.48. The van der Waals surface area contributed by atoms with E-state index in [1.807, 2.05) is 39.8 Å². The van der Waals surface area contributed by atoms with Crippen LogP contribution in [-0.2, 0) is 9.09 Å². The van der Waals surface area contributed by atoms with Gasteiger partial charge in [-0.05, 0) is 50.6 Å². The molecule has 0 radical (unpaired) electrons. The minimum atomic E-state index is -3.14. The molecule has 0 aliphatic carbocycles. The van der Waals surface area contributed by atoms with E-state index in [-0.39, 0.29) is 23.4 Å². The maximum absolute atomic E-state index is 13.4. The average Bonchev–Trinajstić information content (AvgIpc) is 2.70. The number of rotatable bonds is 11. The number of aromatic hydroxyl groups is 1. The first-order valence-electron chi connectivity index (χ1n) is 9.91. The molecule has 0 aliphatic rings. The summed E-state index contributed by atoms with van der Waals surface area (Å²) in [5.74, 6) is 0.449. The summed E-state index contributed by atoms with van der Waals surface area (Å²) in [5, 5.41) is 16.7. The van der Waals surface area contributed by atoms with Crippen LogP contribution in [0.15, 0.2) is 24.3 Å². The highest BCUT2D eigenvalue weighted by Gasteiger charge is 2.29. The second-order valence-corrected chi connectivity index (χ2v) is 9.13. The third-order valence-corrected chi connectivity index (χ3v) is 6.94. The molecule has 1 heterocycles. The van der Waals surface area contributed by atoms with Crippen LogP contribution in [0.5, 0.6) is 17.2 Å². The maximum atomic E-state index is 13.4. The van der Waals surface area contributed by atoms with Gasteiger partial charge < -0.3 is 24.4 Å². The number of methoxy groups -OCH3 is 2. The lowest BCUT2D eigenvalue weighted by molar-refractivity contribution is 0.323. The summed E-state index contributed by atoms with van der Waals surface area (Å²) < 4.78 is 29.6. The third-order valence-electron chi connectivity index (χ3n) is 4.62. The molecular weight excluding hydrogens is 405 g/mol. The summed E-state index contributed by atoms with van der Waals surface area (Å²) in [6.45, 7) is 8.37. The zero-order chi connectivity index (χ0) is 22.3. The van der Waals surface area contributed by atoms with E-state index in [9.17, 15) is 9.67 Å². The van der Waals surface area contributed by atoms with Crippen molar-refractivity contribution < 1.29 is 23.7 Å². The largest absolute Gasteiger partial charge is 0.502 e. The Labute approximate surface area is 178 Å². The van der Waals surface area contributed by atoms with E-state index in [0.717, 1.165) is 22.6 Å². The number of anilines is 1. The summed E-state index contributed by atoms with van der Waals surface area (Å²) in [5.41, 5.74) is 3.29. The van der Waals surface area contributed by atoms with Crippen LogP contribution in [0.3, 0.4) is 0 Å². The van der Waals surface area contributed by atoms with E-state index in [0.29, 0.717) is 13.2 Å². The molecular formula is C21H32N3O5P. The van der Waals surface area contributed by atoms with Crippen LogP contribution in [0.1, 0.15) is 36.8 Å². The van der Waals surface area contributed by atoms with Gasteiger partial charge in [-0.25, -0.2) is 5.09 Å². The van der Waals surface area contributed by atoms with Gasteiger partial charge in [0.2, 0.25) is 5.75 Å². The zero-order valence-corrected chi connectivity index (χ0v) is 19.4. The lowest BCUT2D eigenvalue weighted by Gasteiger charge is -2.27. The molecule has 0 saturated carbocycles. The highest BCUT2D eigenvalue weighted by atomic mass is 31.2.